The second-order valence-electron chi connectivity index (χ2n) is 5.38. The van der Waals surface area contributed by atoms with Crippen molar-refractivity contribution in [3.8, 4) is 5.75 Å². The van der Waals surface area contributed by atoms with E-state index in [-0.39, 0.29) is 18.3 Å². The number of Topliss-reactive ketones (excluding diaryl/α,β-unsaturated/α-hetero) is 1. The molecular formula is C19H21NO3. The summed E-state index contributed by atoms with van der Waals surface area (Å²) in [7, 11) is 0. The largest absolute Gasteiger partial charge is 0.491 e. The lowest BCUT2D eigenvalue weighted by molar-refractivity contribution is -0.126. The standard InChI is InChI=1S/C19H21NO3/c1-15(2)19(21)14-22-12-13-23-17-9-7-16(8-10-17)18-6-4-3-5-11-20-18/h4-11,15H,12-14H2,1-2H3. The molecule has 4 heteroatoms. The third-order valence-corrected chi connectivity index (χ3v) is 3.26. The molecule has 0 amide bonds. The molecule has 0 unspecified atom stereocenters. The van der Waals surface area contributed by atoms with Crippen LogP contribution < -0.4 is 4.74 Å². The molecule has 0 radical (unpaired) electrons. The first-order chi connectivity index (χ1) is 11.2. The minimum absolute atomic E-state index is 0.00876. The molecule has 0 spiro atoms. The first-order valence-corrected chi connectivity index (χ1v) is 7.66. The zero-order valence-corrected chi connectivity index (χ0v) is 13.5. The van der Waals surface area contributed by atoms with Gasteiger partial charge in [-0.05, 0) is 42.5 Å². The van der Waals surface area contributed by atoms with Crippen molar-refractivity contribution in [2.24, 2.45) is 10.9 Å². The van der Waals surface area contributed by atoms with Gasteiger partial charge in [0, 0.05) is 17.7 Å². The number of hydrogen-bond acceptors (Lipinski definition) is 4. The number of carbonyl (C=O) groups excluding carboxylic acids is 1. The van der Waals surface area contributed by atoms with E-state index in [1.165, 1.54) is 0 Å². The molecule has 0 aromatic heterocycles. The molecule has 0 aliphatic carbocycles. The van der Waals surface area contributed by atoms with E-state index in [1.807, 2.05) is 50.3 Å². The quantitative estimate of drug-likeness (QED) is 0.546. The van der Waals surface area contributed by atoms with Crippen molar-refractivity contribution in [2.45, 2.75) is 13.8 Å². The number of hydrogen-bond donors (Lipinski definition) is 0. The summed E-state index contributed by atoms with van der Waals surface area (Å²) in [6.45, 7) is 4.69. The Bertz CT molecular complexity index is 648. The fourth-order valence-electron chi connectivity index (χ4n) is 1.84. The predicted octanol–water partition coefficient (Wildman–Crippen LogP) is 3.44. The molecule has 0 atom stereocenters. The minimum Gasteiger partial charge on any atom is -0.491 e. The van der Waals surface area contributed by atoms with Crippen LogP contribution in [0.1, 0.15) is 19.4 Å². The van der Waals surface area contributed by atoms with Gasteiger partial charge in [0.1, 0.15) is 19.0 Å². The van der Waals surface area contributed by atoms with Crippen molar-refractivity contribution >= 4 is 17.7 Å². The molecule has 0 N–H and O–H groups in total. The van der Waals surface area contributed by atoms with E-state index in [2.05, 4.69) is 10.7 Å². The van der Waals surface area contributed by atoms with E-state index in [0.717, 1.165) is 17.0 Å². The molecule has 1 aliphatic heterocycles. The van der Waals surface area contributed by atoms with Crippen LogP contribution in [0.5, 0.6) is 5.75 Å². The summed E-state index contributed by atoms with van der Waals surface area (Å²) in [6, 6.07) is 7.71. The molecule has 0 bridgehead atoms. The monoisotopic (exact) mass is 311 g/mol. The number of allylic oxidation sites excluding steroid dienone is 2. The number of ether oxygens (including phenoxy) is 2. The van der Waals surface area contributed by atoms with E-state index in [0.29, 0.717) is 13.2 Å². The van der Waals surface area contributed by atoms with E-state index >= 15 is 0 Å². The van der Waals surface area contributed by atoms with Gasteiger partial charge < -0.3 is 9.47 Å². The second kappa shape index (κ2) is 8.89. The Morgan fingerprint density at radius 3 is 2.70 bits per heavy atom. The van der Waals surface area contributed by atoms with Crippen molar-refractivity contribution in [1.82, 2.24) is 0 Å². The lowest BCUT2D eigenvalue weighted by Crippen LogP contribution is -2.17. The summed E-state index contributed by atoms with van der Waals surface area (Å²) in [5, 5.41) is 0. The smallest absolute Gasteiger partial charge is 0.160 e. The Morgan fingerprint density at radius 2 is 1.96 bits per heavy atom. The Morgan fingerprint density at radius 1 is 1.17 bits per heavy atom. The van der Waals surface area contributed by atoms with Gasteiger partial charge in [-0.25, -0.2) is 0 Å². The molecule has 4 nitrogen and oxygen atoms in total. The van der Waals surface area contributed by atoms with Gasteiger partial charge in [0.2, 0.25) is 0 Å². The number of benzene rings is 1. The third kappa shape index (κ3) is 5.70. The fraction of sp³-hybridized carbons (Fsp3) is 0.316. The maximum Gasteiger partial charge on any atom is 0.160 e. The van der Waals surface area contributed by atoms with E-state index in [9.17, 15) is 4.79 Å². The first-order valence-electron chi connectivity index (χ1n) is 7.66. The summed E-state index contributed by atoms with van der Waals surface area (Å²) < 4.78 is 10.9. The van der Waals surface area contributed by atoms with Gasteiger partial charge in [-0.2, -0.15) is 0 Å². The Kier molecular flexibility index (Phi) is 6.55. The van der Waals surface area contributed by atoms with Crippen molar-refractivity contribution in [2.75, 3.05) is 19.8 Å². The molecule has 1 aromatic rings. The van der Waals surface area contributed by atoms with Crippen LogP contribution >= 0.6 is 0 Å². The fourth-order valence-corrected chi connectivity index (χ4v) is 1.84. The van der Waals surface area contributed by atoms with Gasteiger partial charge in [-0.15, -0.1) is 5.73 Å². The van der Waals surface area contributed by atoms with Gasteiger partial charge in [0.25, 0.3) is 0 Å². The van der Waals surface area contributed by atoms with Crippen LogP contribution in [-0.4, -0.2) is 31.8 Å². The number of ketones is 1. The van der Waals surface area contributed by atoms with E-state index in [1.54, 1.807) is 12.3 Å². The lowest BCUT2D eigenvalue weighted by atomic mass is 10.1. The van der Waals surface area contributed by atoms with Gasteiger partial charge in [-0.3, -0.25) is 9.79 Å². The number of aliphatic imine (C=N–C) groups is 1. The maximum absolute atomic E-state index is 11.4. The molecule has 1 heterocycles. The summed E-state index contributed by atoms with van der Waals surface area (Å²) in [4.78, 5) is 15.7. The first kappa shape index (κ1) is 16.9. The zero-order chi connectivity index (χ0) is 16.5. The lowest BCUT2D eigenvalue weighted by Gasteiger charge is -2.09. The summed E-state index contributed by atoms with van der Waals surface area (Å²) in [5.74, 6) is 0.879. The van der Waals surface area contributed by atoms with Crippen molar-refractivity contribution in [1.29, 1.82) is 0 Å². The molecule has 0 saturated heterocycles. The molecule has 0 saturated carbocycles. The maximum atomic E-state index is 11.4. The van der Waals surface area contributed by atoms with Crippen LogP contribution in [-0.2, 0) is 9.53 Å². The molecule has 1 aromatic carbocycles. The van der Waals surface area contributed by atoms with Crippen LogP contribution in [0.3, 0.4) is 0 Å². The molecule has 120 valence electrons. The van der Waals surface area contributed by atoms with Gasteiger partial charge in [0.15, 0.2) is 5.78 Å². The Hall–Kier alpha value is -2.42. The van der Waals surface area contributed by atoms with Gasteiger partial charge in [0.05, 0.1) is 12.3 Å². The van der Waals surface area contributed by atoms with Crippen LogP contribution in [0.2, 0.25) is 0 Å². The van der Waals surface area contributed by atoms with Crippen molar-refractivity contribution in [3.63, 3.8) is 0 Å². The summed E-state index contributed by atoms with van der Waals surface area (Å²) in [5.41, 5.74) is 4.87. The van der Waals surface area contributed by atoms with Crippen molar-refractivity contribution < 1.29 is 14.3 Å². The highest BCUT2D eigenvalue weighted by Gasteiger charge is 2.06. The van der Waals surface area contributed by atoms with Crippen molar-refractivity contribution in [3.05, 3.63) is 53.8 Å². The van der Waals surface area contributed by atoms with Crippen LogP contribution in [0.15, 0.2) is 53.2 Å². The topological polar surface area (TPSA) is 47.9 Å². The van der Waals surface area contributed by atoms with E-state index < -0.39 is 0 Å². The molecule has 1 aliphatic rings. The highest BCUT2D eigenvalue weighted by Crippen LogP contribution is 2.20. The normalized spacial score (nSPS) is 13.1. The Labute approximate surface area is 136 Å². The van der Waals surface area contributed by atoms with Crippen LogP contribution in [0.4, 0.5) is 0 Å². The average molecular weight is 311 g/mol. The van der Waals surface area contributed by atoms with Crippen LogP contribution in [0.25, 0.3) is 5.70 Å². The molecule has 0 fully saturated rings. The van der Waals surface area contributed by atoms with Gasteiger partial charge in [-0.1, -0.05) is 13.8 Å². The number of rotatable bonds is 8. The molecule has 23 heavy (non-hydrogen) atoms. The van der Waals surface area contributed by atoms with Crippen LogP contribution in [0, 0.1) is 5.92 Å². The second-order valence-corrected chi connectivity index (χ2v) is 5.38. The summed E-state index contributed by atoms with van der Waals surface area (Å²) >= 11 is 0. The minimum atomic E-state index is 0.00876. The predicted molar refractivity (Wildman–Crippen MR) is 91.7 cm³/mol. The van der Waals surface area contributed by atoms with E-state index in [4.69, 9.17) is 9.47 Å². The number of carbonyl (C=O) groups is 1. The highest BCUT2D eigenvalue weighted by atomic mass is 16.5. The Balaban J connectivity index is 1.76. The average Bonchev–Trinajstić information content (AvgIpc) is 2.84. The molecule has 2 rings (SSSR count). The summed E-state index contributed by atoms with van der Waals surface area (Å²) in [6.07, 6.45) is 7.23. The number of nitrogens with zero attached hydrogens (tertiary/aromatic N) is 1. The van der Waals surface area contributed by atoms with Gasteiger partial charge >= 0.3 is 0 Å². The SMILES string of the molecule is CC(C)C(=O)COCCOc1ccc(C2=CC=C=CC=N2)cc1. The zero-order valence-electron chi connectivity index (χ0n) is 13.5. The highest BCUT2D eigenvalue weighted by molar-refractivity contribution is 5.82. The molecular weight excluding hydrogens is 290 g/mol. The third-order valence-electron chi connectivity index (χ3n) is 3.26.